The van der Waals surface area contributed by atoms with Gasteiger partial charge in [0, 0.05) is 4.55 Å². The predicted octanol–water partition coefficient (Wildman–Crippen LogP) is 0.578. The van der Waals surface area contributed by atoms with Gasteiger partial charge in [-0.2, -0.15) is 0 Å². The molecule has 0 amide bonds. The van der Waals surface area contributed by atoms with Gasteiger partial charge in [0.15, 0.2) is 0 Å². The highest BCUT2D eigenvalue weighted by atomic mass is 127. The molecule has 54 valence electrons. The van der Waals surface area contributed by atoms with Gasteiger partial charge < -0.3 is 10.6 Å². The van der Waals surface area contributed by atoms with Crippen LogP contribution in [-0.4, -0.2) is 24.2 Å². The lowest BCUT2D eigenvalue weighted by atomic mass is 10.1. The minimum absolute atomic E-state index is 0.889. The molecule has 1 fully saturated rings. The van der Waals surface area contributed by atoms with Crippen LogP contribution in [-0.2, 0) is 0 Å². The number of halogens is 1. The van der Waals surface area contributed by atoms with Crippen molar-refractivity contribution in [2.75, 3.05) is 24.2 Å². The molecule has 1 heterocycles. The molecule has 1 atom stereocenters. The van der Waals surface area contributed by atoms with Crippen LogP contribution in [0.1, 0.15) is 6.42 Å². The van der Waals surface area contributed by atoms with Gasteiger partial charge in [-0.25, -0.2) is 0 Å². The van der Waals surface area contributed by atoms with Crippen molar-refractivity contribution >= 4 is 22.6 Å². The fourth-order valence-electron chi connectivity index (χ4n) is 1.15. The Balaban J connectivity index is 1.98. The molecule has 3 heteroatoms. The number of rotatable bonds is 3. The summed E-state index contributed by atoms with van der Waals surface area (Å²) in [4.78, 5) is 0. The van der Waals surface area contributed by atoms with Crippen molar-refractivity contribution in [1.82, 2.24) is 10.6 Å². The number of nitrogens with one attached hydrogen (secondary N) is 2. The molecule has 0 aromatic heterocycles. The zero-order chi connectivity index (χ0) is 6.53. The minimum Gasteiger partial charge on any atom is -0.316 e. The van der Waals surface area contributed by atoms with Crippen molar-refractivity contribution in [3.8, 4) is 0 Å². The first kappa shape index (κ1) is 7.75. The fourth-order valence-corrected chi connectivity index (χ4v) is 1.46. The summed E-state index contributed by atoms with van der Waals surface area (Å²) in [6.45, 7) is 3.62. The number of alkyl halides is 1. The summed E-state index contributed by atoms with van der Waals surface area (Å²) < 4.78 is 1.08. The van der Waals surface area contributed by atoms with Crippen LogP contribution in [0.25, 0.3) is 0 Å². The molecule has 0 bridgehead atoms. The summed E-state index contributed by atoms with van der Waals surface area (Å²) >= 11 is 2.34. The Morgan fingerprint density at radius 1 is 1.67 bits per heavy atom. The molecular weight excluding hydrogens is 227 g/mol. The van der Waals surface area contributed by atoms with Gasteiger partial charge >= 0.3 is 0 Å². The standard InChI is InChI=1S/C6H13IN2/c7-5-9-4-6-1-2-8-3-6/h6,8-9H,1-5H2. The quantitative estimate of drug-likeness (QED) is 0.428. The van der Waals surface area contributed by atoms with E-state index in [0.29, 0.717) is 0 Å². The van der Waals surface area contributed by atoms with E-state index < -0.39 is 0 Å². The Morgan fingerprint density at radius 3 is 3.11 bits per heavy atom. The zero-order valence-electron chi connectivity index (χ0n) is 5.49. The van der Waals surface area contributed by atoms with E-state index >= 15 is 0 Å². The van der Waals surface area contributed by atoms with Crippen molar-refractivity contribution in [1.29, 1.82) is 0 Å². The van der Waals surface area contributed by atoms with Gasteiger partial charge in [-0.05, 0) is 32.0 Å². The molecule has 9 heavy (non-hydrogen) atoms. The van der Waals surface area contributed by atoms with Crippen LogP contribution in [0.4, 0.5) is 0 Å². The lowest BCUT2D eigenvalue weighted by Crippen LogP contribution is -2.22. The largest absolute Gasteiger partial charge is 0.316 e. The van der Waals surface area contributed by atoms with Gasteiger partial charge in [-0.15, -0.1) is 0 Å². The molecule has 0 saturated carbocycles. The molecule has 0 aromatic rings. The van der Waals surface area contributed by atoms with E-state index in [1.54, 1.807) is 0 Å². The van der Waals surface area contributed by atoms with Crippen molar-refractivity contribution in [3.05, 3.63) is 0 Å². The van der Waals surface area contributed by atoms with E-state index in [2.05, 4.69) is 33.2 Å². The number of hydrogen-bond donors (Lipinski definition) is 2. The van der Waals surface area contributed by atoms with Gasteiger partial charge in [0.05, 0.1) is 0 Å². The molecule has 1 saturated heterocycles. The first-order valence-corrected chi connectivity index (χ1v) is 4.93. The maximum atomic E-state index is 3.34. The number of hydrogen-bond acceptors (Lipinski definition) is 2. The molecule has 0 spiro atoms. The molecule has 1 rings (SSSR count). The topological polar surface area (TPSA) is 24.1 Å². The van der Waals surface area contributed by atoms with E-state index in [-0.39, 0.29) is 0 Å². The minimum atomic E-state index is 0.889. The molecule has 2 N–H and O–H groups in total. The van der Waals surface area contributed by atoms with E-state index in [4.69, 9.17) is 0 Å². The zero-order valence-corrected chi connectivity index (χ0v) is 7.65. The summed E-state index contributed by atoms with van der Waals surface area (Å²) in [5.74, 6) is 0.889. The summed E-state index contributed by atoms with van der Waals surface area (Å²) in [6.07, 6.45) is 1.35. The van der Waals surface area contributed by atoms with Crippen molar-refractivity contribution < 1.29 is 0 Å². The van der Waals surface area contributed by atoms with Crippen LogP contribution in [0.3, 0.4) is 0 Å². The Bertz CT molecular complexity index is 71.5. The normalized spacial score (nSPS) is 27.0. The van der Waals surface area contributed by atoms with Crippen molar-refractivity contribution in [2.45, 2.75) is 6.42 Å². The lowest BCUT2D eigenvalue weighted by Gasteiger charge is -2.06. The monoisotopic (exact) mass is 240 g/mol. The average molecular weight is 240 g/mol. The van der Waals surface area contributed by atoms with Crippen LogP contribution in [0.15, 0.2) is 0 Å². The molecule has 2 nitrogen and oxygen atoms in total. The Kier molecular flexibility index (Phi) is 3.85. The Labute approximate surface area is 69.9 Å². The van der Waals surface area contributed by atoms with Gasteiger partial charge in [-0.1, -0.05) is 22.6 Å². The maximum Gasteiger partial charge on any atom is 0.0480 e. The second-order valence-corrected chi connectivity index (χ2v) is 3.21. The van der Waals surface area contributed by atoms with Crippen LogP contribution < -0.4 is 10.6 Å². The smallest absolute Gasteiger partial charge is 0.0480 e. The van der Waals surface area contributed by atoms with E-state index in [1.807, 2.05) is 0 Å². The summed E-state index contributed by atoms with van der Waals surface area (Å²) in [5, 5.41) is 6.68. The maximum absolute atomic E-state index is 3.34. The van der Waals surface area contributed by atoms with Gasteiger partial charge in [0.1, 0.15) is 0 Å². The Morgan fingerprint density at radius 2 is 2.56 bits per heavy atom. The molecule has 1 aliphatic heterocycles. The first-order chi connectivity index (χ1) is 4.43. The average Bonchev–Trinajstić information content (AvgIpc) is 2.34. The SMILES string of the molecule is ICNCC1CCNC1. The third kappa shape index (κ3) is 2.82. The molecule has 1 unspecified atom stereocenters. The fraction of sp³-hybridized carbons (Fsp3) is 1.00. The van der Waals surface area contributed by atoms with Crippen LogP contribution in [0.2, 0.25) is 0 Å². The van der Waals surface area contributed by atoms with Gasteiger partial charge in [0.2, 0.25) is 0 Å². The molecule has 0 radical (unpaired) electrons. The van der Waals surface area contributed by atoms with Crippen molar-refractivity contribution in [2.24, 2.45) is 5.92 Å². The lowest BCUT2D eigenvalue weighted by molar-refractivity contribution is 0.542. The second kappa shape index (κ2) is 4.46. The van der Waals surface area contributed by atoms with Gasteiger partial charge in [0.25, 0.3) is 0 Å². The molecule has 1 aliphatic rings. The van der Waals surface area contributed by atoms with Crippen LogP contribution >= 0.6 is 22.6 Å². The molecule has 0 aliphatic carbocycles. The Hall–Kier alpha value is 0.650. The van der Waals surface area contributed by atoms with Crippen molar-refractivity contribution in [3.63, 3.8) is 0 Å². The highest BCUT2D eigenvalue weighted by Crippen LogP contribution is 2.04. The third-order valence-corrected chi connectivity index (χ3v) is 2.23. The molecule has 0 aromatic carbocycles. The second-order valence-electron chi connectivity index (χ2n) is 2.45. The molecular formula is C6H13IN2. The predicted molar refractivity (Wildman–Crippen MR) is 47.9 cm³/mol. The van der Waals surface area contributed by atoms with Crippen LogP contribution in [0.5, 0.6) is 0 Å². The van der Waals surface area contributed by atoms with E-state index in [1.165, 1.54) is 26.1 Å². The summed E-state index contributed by atoms with van der Waals surface area (Å²) in [5.41, 5.74) is 0. The van der Waals surface area contributed by atoms with Gasteiger partial charge in [-0.3, -0.25) is 0 Å². The summed E-state index contributed by atoms with van der Waals surface area (Å²) in [7, 11) is 0. The van der Waals surface area contributed by atoms with Crippen LogP contribution in [0, 0.1) is 5.92 Å². The highest BCUT2D eigenvalue weighted by Gasteiger charge is 2.12. The van der Waals surface area contributed by atoms with E-state index in [9.17, 15) is 0 Å². The first-order valence-electron chi connectivity index (χ1n) is 3.41. The summed E-state index contributed by atoms with van der Waals surface area (Å²) in [6, 6.07) is 0. The van der Waals surface area contributed by atoms with E-state index in [0.717, 1.165) is 10.5 Å². The highest BCUT2D eigenvalue weighted by molar-refractivity contribution is 14.1. The third-order valence-electron chi connectivity index (χ3n) is 1.69.